The third-order valence-corrected chi connectivity index (χ3v) is 3.96. The molecular formula is C15H31NO2. The Morgan fingerprint density at radius 3 is 2.33 bits per heavy atom. The van der Waals surface area contributed by atoms with Crippen LogP contribution in [0.5, 0.6) is 0 Å². The molecule has 4 atom stereocenters. The second-order valence-electron chi connectivity index (χ2n) is 5.73. The van der Waals surface area contributed by atoms with Crippen LogP contribution in [0.25, 0.3) is 0 Å². The molecule has 0 radical (unpaired) electrons. The normalized spacial score (nSPS) is 32.2. The second kappa shape index (κ2) is 8.13. The molecule has 1 fully saturated rings. The summed E-state index contributed by atoms with van der Waals surface area (Å²) in [6.07, 6.45) is 4.29. The second-order valence-corrected chi connectivity index (χ2v) is 5.73. The zero-order chi connectivity index (χ0) is 13.5. The van der Waals surface area contributed by atoms with E-state index >= 15 is 0 Å². The highest BCUT2D eigenvalue weighted by Crippen LogP contribution is 2.22. The molecule has 0 aliphatic carbocycles. The van der Waals surface area contributed by atoms with Gasteiger partial charge in [0.05, 0.1) is 24.9 Å². The monoisotopic (exact) mass is 257 g/mol. The van der Waals surface area contributed by atoms with Gasteiger partial charge in [-0.1, -0.05) is 27.2 Å². The fourth-order valence-corrected chi connectivity index (χ4v) is 2.69. The van der Waals surface area contributed by atoms with E-state index in [0.29, 0.717) is 30.3 Å². The van der Waals surface area contributed by atoms with Gasteiger partial charge in [0.25, 0.3) is 0 Å². The molecule has 1 rings (SSSR count). The highest BCUT2D eigenvalue weighted by atomic mass is 16.5. The van der Waals surface area contributed by atoms with Crippen LogP contribution in [0.3, 0.4) is 0 Å². The van der Waals surface area contributed by atoms with E-state index in [1.54, 1.807) is 0 Å². The number of ether oxygens (including phenoxy) is 2. The maximum absolute atomic E-state index is 6.12. The number of hydrogen-bond donors (Lipinski definition) is 1. The highest BCUT2D eigenvalue weighted by Gasteiger charge is 2.26. The molecule has 18 heavy (non-hydrogen) atoms. The number of hydrogen-bond acceptors (Lipinski definition) is 3. The van der Waals surface area contributed by atoms with Crippen LogP contribution in [0.4, 0.5) is 0 Å². The van der Waals surface area contributed by atoms with Crippen molar-refractivity contribution in [2.75, 3.05) is 13.2 Å². The topological polar surface area (TPSA) is 30.5 Å². The van der Waals surface area contributed by atoms with Gasteiger partial charge in [0.1, 0.15) is 0 Å². The van der Waals surface area contributed by atoms with Gasteiger partial charge >= 0.3 is 0 Å². The summed E-state index contributed by atoms with van der Waals surface area (Å²) in [5, 5.41) is 3.54. The summed E-state index contributed by atoms with van der Waals surface area (Å²) >= 11 is 0. The minimum absolute atomic E-state index is 0.333. The van der Waals surface area contributed by atoms with Crippen molar-refractivity contribution in [2.45, 2.75) is 78.2 Å². The van der Waals surface area contributed by atoms with E-state index < -0.39 is 0 Å². The van der Waals surface area contributed by atoms with Crippen molar-refractivity contribution >= 4 is 0 Å². The average molecular weight is 257 g/mol. The summed E-state index contributed by atoms with van der Waals surface area (Å²) in [6.45, 7) is 12.8. The van der Waals surface area contributed by atoms with E-state index in [1.165, 1.54) is 6.42 Å². The molecule has 1 saturated heterocycles. The van der Waals surface area contributed by atoms with Crippen molar-refractivity contribution in [2.24, 2.45) is 5.92 Å². The molecule has 0 saturated carbocycles. The van der Waals surface area contributed by atoms with E-state index in [0.717, 1.165) is 26.0 Å². The fourth-order valence-electron chi connectivity index (χ4n) is 2.69. The predicted octanol–water partition coefficient (Wildman–Crippen LogP) is 2.98. The maximum atomic E-state index is 6.12. The van der Waals surface area contributed by atoms with Gasteiger partial charge in [-0.05, 0) is 39.2 Å². The van der Waals surface area contributed by atoms with E-state index in [9.17, 15) is 0 Å². The summed E-state index contributed by atoms with van der Waals surface area (Å²) in [5.74, 6) is 0.666. The first-order valence-electron chi connectivity index (χ1n) is 7.57. The van der Waals surface area contributed by atoms with Crippen molar-refractivity contribution in [3.05, 3.63) is 0 Å². The minimum atomic E-state index is 0.333. The molecule has 0 amide bonds. The Bertz CT molecular complexity index is 213. The molecule has 0 spiro atoms. The van der Waals surface area contributed by atoms with Crippen molar-refractivity contribution in [3.8, 4) is 0 Å². The van der Waals surface area contributed by atoms with Gasteiger partial charge in [-0.15, -0.1) is 0 Å². The Hall–Kier alpha value is -0.120. The molecule has 0 aromatic carbocycles. The lowest BCUT2D eigenvalue weighted by Gasteiger charge is -2.33. The molecular weight excluding hydrogens is 226 g/mol. The zero-order valence-electron chi connectivity index (χ0n) is 12.7. The molecule has 3 nitrogen and oxygen atoms in total. The van der Waals surface area contributed by atoms with E-state index in [2.05, 4.69) is 39.9 Å². The van der Waals surface area contributed by atoms with Crippen LogP contribution >= 0.6 is 0 Å². The van der Waals surface area contributed by atoms with Gasteiger partial charge in [0, 0.05) is 6.04 Å². The van der Waals surface area contributed by atoms with E-state index in [4.69, 9.17) is 9.47 Å². The molecule has 0 aromatic heterocycles. The lowest BCUT2D eigenvalue weighted by molar-refractivity contribution is -0.106. The zero-order valence-corrected chi connectivity index (χ0v) is 12.7. The van der Waals surface area contributed by atoms with Crippen LogP contribution in [0.2, 0.25) is 0 Å². The molecule has 1 N–H and O–H groups in total. The molecule has 0 bridgehead atoms. The van der Waals surface area contributed by atoms with Crippen molar-refractivity contribution < 1.29 is 9.47 Å². The number of rotatable bonds is 7. The maximum Gasteiger partial charge on any atom is 0.0626 e. The Balaban J connectivity index is 2.36. The molecule has 0 aromatic rings. The summed E-state index contributed by atoms with van der Waals surface area (Å²) in [4.78, 5) is 0. The van der Waals surface area contributed by atoms with Crippen LogP contribution < -0.4 is 5.32 Å². The van der Waals surface area contributed by atoms with Gasteiger partial charge < -0.3 is 14.8 Å². The van der Waals surface area contributed by atoms with Crippen LogP contribution in [0.1, 0.15) is 53.9 Å². The lowest BCUT2D eigenvalue weighted by Crippen LogP contribution is -2.42. The van der Waals surface area contributed by atoms with Crippen LogP contribution in [-0.4, -0.2) is 37.5 Å². The van der Waals surface area contributed by atoms with E-state index in [-0.39, 0.29) is 0 Å². The summed E-state index contributed by atoms with van der Waals surface area (Å²) in [6, 6.07) is 0.480. The third-order valence-electron chi connectivity index (χ3n) is 3.96. The van der Waals surface area contributed by atoms with Gasteiger partial charge in [-0.2, -0.15) is 0 Å². The first-order chi connectivity index (χ1) is 8.56. The summed E-state index contributed by atoms with van der Waals surface area (Å²) in [7, 11) is 0. The summed E-state index contributed by atoms with van der Waals surface area (Å²) in [5.41, 5.74) is 0. The Morgan fingerprint density at radius 2 is 1.83 bits per heavy atom. The third kappa shape index (κ3) is 5.25. The standard InChI is InChI=1S/C15H31NO2/c1-6-11(3)15(16-7-2)10-17-14-8-12(4)18-13(5)9-14/h11-16H,6-10H2,1-5H3. The Morgan fingerprint density at radius 1 is 1.22 bits per heavy atom. The van der Waals surface area contributed by atoms with Crippen molar-refractivity contribution in [1.29, 1.82) is 0 Å². The van der Waals surface area contributed by atoms with Crippen LogP contribution in [0, 0.1) is 5.92 Å². The fraction of sp³-hybridized carbons (Fsp3) is 1.00. The Labute approximate surface area is 113 Å². The average Bonchev–Trinajstić information content (AvgIpc) is 2.32. The van der Waals surface area contributed by atoms with Crippen LogP contribution in [-0.2, 0) is 9.47 Å². The van der Waals surface area contributed by atoms with Gasteiger partial charge in [-0.3, -0.25) is 0 Å². The lowest BCUT2D eigenvalue weighted by atomic mass is 9.99. The quantitative estimate of drug-likeness (QED) is 0.760. The smallest absolute Gasteiger partial charge is 0.0626 e. The first-order valence-corrected chi connectivity index (χ1v) is 7.57. The van der Waals surface area contributed by atoms with E-state index in [1.807, 2.05) is 0 Å². The molecule has 1 aliphatic rings. The SMILES string of the molecule is CCNC(COC1CC(C)OC(C)C1)C(C)CC. The molecule has 3 heteroatoms. The minimum Gasteiger partial charge on any atom is -0.376 e. The predicted molar refractivity (Wildman–Crippen MR) is 75.9 cm³/mol. The van der Waals surface area contributed by atoms with Gasteiger partial charge in [-0.25, -0.2) is 0 Å². The molecule has 1 aliphatic heterocycles. The van der Waals surface area contributed by atoms with Crippen molar-refractivity contribution in [1.82, 2.24) is 5.32 Å². The number of nitrogens with one attached hydrogen (secondary N) is 1. The summed E-state index contributed by atoms with van der Waals surface area (Å²) < 4.78 is 11.9. The molecule has 4 unspecified atom stereocenters. The Kier molecular flexibility index (Phi) is 7.20. The first kappa shape index (κ1) is 15.9. The van der Waals surface area contributed by atoms with Gasteiger partial charge in [0.15, 0.2) is 0 Å². The van der Waals surface area contributed by atoms with Crippen molar-refractivity contribution in [3.63, 3.8) is 0 Å². The number of likely N-dealkylation sites (N-methyl/N-ethyl adjacent to an activating group) is 1. The largest absolute Gasteiger partial charge is 0.376 e. The van der Waals surface area contributed by atoms with Gasteiger partial charge in [0.2, 0.25) is 0 Å². The highest BCUT2D eigenvalue weighted by molar-refractivity contribution is 4.76. The molecule has 1 heterocycles. The molecule has 108 valence electrons. The van der Waals surface area contributed by atoms with Crippen LogP contribution in [0.15, 0.2) is 0 Å².